The first kappa shape index (κ1) is 12.1. The quantitative estimate of drug-likeness (QED) is 0.625. The maximum atomic E-state index is 11.6. The summed E-state index contributed by atoms with van der Waals surface area (Å²) in [6.07, 6.45) is 0. The fourth-order valence-corrected chi connectivity index (χ4v) is 1.43. The Morgan fingerprint density at radius 3 is 2.27 bits per heavy atom. The molecule has 0 aromatic heterocycles. The number of piperazine rings is 1. The van der Waals surface area contributed by atoms with Crippen LogP contribution < -0.4 is 0 Å². The molecule has 0 atom stereocenters. The number of rotatable bonds is 4. The molecule has 0 spiro atoms. The zero-order valence-electron chi connectivity index (χ0n) is 9.36. The molecule has 0 aromatic rings. The third-order valence-electron chi connectivity index (χ3n) is 2.39. The monoisotopic (exact) mass is 214 g/mol. The number of ether oxygens (including phenoxy) is 1. The Morgan fingerprint density at radius 1 is 1.13 bits per heavy atom. The normalized spacial score (nSPS) is 17.9. The van der Waals surface area contributed by atoms with E-state index in [2.05, 4.69) is 4.90 Å². The highest BCUT2D eigenvalue weighted by molar-refractivity contribution is 5.79. The average molecular weight is 214 g/mol. The van der Waals surface area contributed by atoms with Gasteiger partial charge in [-0.25, -0.2) is 0 Å². The number of amides is 1. The Kier molecular flexibility index (Phi) is 4.71. The van der Waals surface area contributed by atoms with Crippen LogP contribution in [0.1, 0.15) is 6.92 Å². The maximum absolute atomic E-state index is 11.6. The fourth-order valence-electron chi connectivity index (χ4n) is 1.43. The van der Waals surface area contributed by atoms with Gasteiger partial charge in [0.2, 0.25) is 5.91 Å². The van der Waals surface area contributed by atoms with Crippen molar-refractivity contribution in [3.63, 3.8) is 0 Å². The lowest BCUT2D eigenvalue weighted by Crippen LogP contribution is -2.48. The molecule has 0 bridgehead atoms. The van der Waals surface area contributed by atoms with Gasteiger partial charge in [0.05, 0.1) is 0 Å². The molecule has 0 aliphatic carbocycles. The van der Waals surface area contributed by atoms with Crippen molar-refractivity contribution in [1.29, 1.82) is 0 Å². The lowest BCUT2D eigenvalue weighted by atomic mass is 10.3. The lowest BCUT2D eigenvalue weighted by molar-refractivity contribution is -0.139. The van der Waals surface area contributed by atoms with Gasteiger partial charge in [-0.15, -0.1) is 0 Å². The first-order valence-corrected chi connectivity index (χ1v) is 5.13. The van der Waals surface area contributed by atoms with E-state index in [4.69, 9.17) is 4.74 Å². The standard InChI is InChI=1S/C10H18N2O3/c1-9(13)7-15-8-10(14)12-5-3-11(2)4-6-12/h3-8H2,1-2H3. The van der Waals surface area contributed by atoms with Crippen molar-refractivity contribution >= 4 is 11.7 Å². The van der Waals surface area contributed by atoms with Crippen LogP contribution in [0.4, 0.5) is 0 Å². The van der Waals surface area contributed by atoms with Crippen LogP contribution in [0.3, 0.4) is 0 Å². The summed E-state index contributed by atoms with van der Waals surface area (Å²) >= 11 is 0. The Balaban J connectivity index is 2.19. The van der Waals surface area contributed by atoms with Crippen LogP contribution in [-0.4, -0.2) is 67.9 Å². The largest absolute Gasteiger partial charge is 0.364 e. The molecule has 5 heteroatoms. The number of hydrogen-bond acceptors (Lipinski definition) is 4. The zero-order valence-corrected chi connectivity index (χ0v) is 9.36. The fraction of sp³-hybridized carbons (Fsp3) is 0.800. The predicted molar refractivity (Wildman–Crippen MR) is 55.6 cm³/mol. The number of hydrogen-bond donors (Lipinski definition) is 0. The van der Waals surface area contributed by atoms with Gasteiger partial charge in [-0.2, -0.15) is 0 Å². The average Bonchev–Trinajstić information content (AvgIpc) is 2.18. The smallest absolute Gasteiger partial charge is 0.248 e. The summed E-state index contributed by atoms with van der Waals surface area (Å²) in [5.74, 6) is -0.0782. The van der Waals surface area contributed by atoms with Crippen molar-refractivity contribution in [3.8, 4) is 0 Å². The molecule has 15 heavy (non-hydrogen) atoms. The van der Waals surface area contributed by atoms with E-state index in [-0.39, 0.29) is 24.9 Å². The van der Waals surface area contributed by atoms with Gasteiger partial charge >= 0.3 is 0 Å². The lowest BCUT2D eigenvalue weighted by Gasteiger charge is -2.32. The van der Waals surface area contributed by atoms with Crippen molar-refractivity contribution < 1.29 is 14.3 Å². The van der Waals surface area contributed by atoms with Crippen LogP contribution in [0.2, 0.25) is 0 Å². The van der Waals surface area contributed by atoms with Crippen LogP contribution in [0.15, 0.2) is 0 Å². The van der Waals surface area contributed by atoms with Gasteiger partial charge in [-0.05, 0) is 14.0 Å². The molecule has 1 heterocycles. The minimum Gasteiger partial charge on any atom is -0.364 e. The van der Waals surface area contributed by atoms with E-state index < -0.39 is 0 Å². The van der Waals surface area contributed by atoms with E-state index in [0.29, 0.717) is 0 Å². The number of nitrogens with zero attached hydrogens (tertiary/aromatic N) is 2. The second kappa shape index (κ2) is 5.82. The van der Waals surface area contributed by atoms with E-state index in [1.54, 1.807) is 4.90 Å². The second-order valence-electron chi connectivity index (χ2n) is 3.88. The molecular weight excluding hydrogens is 196 g/mol. The molecule has 1 amide bonds. The van der Waals surface area contributed by atoms with Crippen LogP contribution in [0.5, 0.6) is 0 Å². The molecule has 0 radical (unpaired) electrons. The van der Waals surface area contributed by atoms with E-state index in [1.165, 1.54) is 6.92 Å². The molecule has 1 aliphatic heterocycles. The van der Waals surface area contributed by atoms with E-state index in [1.807, 2.05) is 7.05 Å². The number of ketones is 1. The third-order valence-corrected chi connectivity index (χ3v) is 2.39. The van der Waals surface area contributed by atoms with E-state index in [9.17, 15) is 9.59 Å². The summed E-state index contributed by atoms with van der Waals surface area (Å²) in [5, 5.41) is 0. The first-order chi connectivity index (χ1) is 7.09. The summed E-state index contributed by atoms with van der Waals surface area (Å²) in [6, 6.07) is 0. The van der Waals surface area contributed by atoms with Gasteiger partial charge in [0.15, 0.2) is 5.78 Å². The number of carbonyl (C=O) groups excluding carboxylic acids is 2. The van der Waals surface area contributed by atoms with Crippen molar-refractivity contribution in [2.75, 3.05) is 46.4 Å². The molecule has 0 aromatic carbocycles. The Bertz CT molecular complexity index is 235. The van der Waals surface area contributed by atoms with Gasteiger partial charge < -0.3 is 14.5 Å². The Hall–Kier alpha value is -0.940. The Morgan fingerprint density at radius 2 is 1.73 bits per heavy atom. The van der Waals surface area contributed by atoms with Crippen molar-refractivity contribution in [3.05, 3.63) is 0 Å². The number of carbonyl (C=O) groups is 2. The molecule has 1 aliphatic rings. The molecule has 1 fully saturated rings. The van der Waals surface area contributed by atoms with E-state index >= 15 is 0 Å². The van der Waals surface area contributed by atoms with Crippen molar-refractivity contribution in [1.82, 2.24) is 9.80 Å². The minimum absolute atomic E-state index is 0.0172. The first-order valence-electron chi connectivity index (χ1n) is 5.13. The third kappa shape index (κ3) is 4.40. The highest BCUT2D eigenvalue weighted by atomic mass is 16.5. The molecule has 1 saturated heterocycles. The molecule has 0 unspecified atom stereocenters. The molecule has 0 N–H and O–H groups in total. The van der Waals surface area contributed by atoms with Gasteiger partial charge in [-0.3, -0.25) is 9.59 Å². The minimum atomic E-state index is -0.0545. The molecule has 1 rings (SSSR count). The SMILES string of the molecule is CC(=O)COCC(=O)N1CCN(C)CC1. The van der Waals surface area contributed by atoms with Gasteiger partial charge in [0, 0.05) is 26.2 Å². The molecular formula is C10H18N2O3. The molecule has 0 saturated carbocycles. The van der Waals surface area contributed by atoms with Gasteiger partial charge in [0.1, 0.15) is 13.2 Å². The van der Waals surface area contributed by atoms with Gasteiger partial charge in [0.25, 0.3) is 0 Å². The van der Waals surface area contributed by atoms with Crippen LogP contribution >= 0.6 is 0 Å². The highest BCUT2D eigenvalue weighted by Crippen LogP contribution is 1.99. The topological polar surface area (TPSA) is 49.9 Å². The summed E-state index contributed by atoms with van der Waals surface area (Å²) in [6.45, 7) is 4.79. The van der Waals surface area contributed by atoms with Crippen LogP contribution in [-0.2, 0) is 14.3 Å². The van der Waals surface area contributed by atoms with Crippen LogP contribution in [0.25, 0.3) is 0 Å². The van der Waals surface area contributed by atoms with Crippen LogP contribution in [0, 0.1) is 0 Å². The summed E-state index contributed by atoms with van der Waals surface area (Å²) in [7, 11) is 2.04. The summed E-state index contributed by atoms with van der Waals surface area (Å²) < 4.78 is 4.98. The zero-order chi connectivity index (χ0) is 11.3. The van der Waals surface area contributed by atoms with E-state index in [0.717, 1.165) is 26.2 Å². The molecule has 86 valence electrons. The van der Waals surface area contributed by atoms with Crippen molar-refractivity contribution in [2.45, 2.75) is 6.92 Å². The highest BCUT2D eigenvalue weighted by Gasteiger charge is 2.18. The maximum Gasteiger partial charge on any atom is 0.248 e. The predicted octanol–water partition coefficient (Wildman–Crippen LogP) is -0.634. The second-order valence-corrected chi connectivity index (χ2v) is 3.88. The number of Topliss-reactive ketones (excluding diaryl/α,β-unsaturated/α-hetero) is 1. The van der Waals surface area contributed by atoms with Gasteiger partial charge in [-0.1, -0.05) is 0 Å². The summed E-state index contributed by atoms with van der Waals surface area (Å²) in [4.78, 5) is 26.1. The van der Waals surface area contributed by atoms with Crippen molar-refractivity contribution in [2.24, 2.45) is 0 Å². The Labute approximate surface area is 90.0 Å². The number of likely N-dealkylation sites (N-methyl/N-ethyl adjacent to an activating group) is 1. The molecule has 5 nitrogen and oxygen atoms in total. The summed E-state index contributed by atoms with van der Waals surface area (Å²) in [5.41, 5.74) is 0.